The minimum absolute atomic E-state index is 0.0673. The topological polar surface area (TPSA) is 107 Å². The van der Waals surface area contributed by atoms with Crippen LogP contribution >= 0.6 is 11.6 Å². The largest absolute Gasteiger partial charge is 0.350 e. The third-order valence-electron chi connectivity index (χ3n) is 4.67. The Labute approximate surface area is 164 Å². The maximum Gasteiger partial charge on any atom is 0.224 e. The van der Waals surface area contributed by atoms with Gasteiger partial charge in [-0.3, -0.25) is 5.10 Å². The van der Waals surface area contributed by atoms with Crippen LogP contribution in [0, 0.1) is 0 Å². The number of fused-ring (bicyclic) bond motifs is 1. The van der Waals surface area contributed by atoms with E-state index < -0.39 is 6.17 Å². The van der Waals surface area contributed by atoms with Gasteiger partial charge in [0.1, 0.15) is 17.5 Å². The van der Waals surface area contributed by atoms with E-state index in [0.29, 0.717) is 35.6 Å². The van der Waals surface area contributed by atoms with Gasteiger partial charge in [-0.1, -0.05) is 17.7 Å². The molecule has 4 aromatic rings. The van der Waals surface area contributed by atoms with E-state index in [1.54, 1.807) is 24.7 Å². The van der Waals surface area contributed by atoms with E-state index in [9.17, 15) is 4.39 Å². The molecule has 3 heterocycles. The number of nitrogens with one attached hydrogen (secondary N) is 4. The van der Waals surface area contributed by atoms with Gasteiger partial charge in [0, 0.05) is 30.4 Å². The van der Waals surface area contributed by atoms with Crippen molar-refractivity contribution in [2.24, 2.45) is 0 Å². The predicted molar refractivity (Wildman–Crippen MR) is 105 cm³/mol. The summed E-state index contributed by atoms with van der Waals surface area (Å²) in [6.07, 6.45) is 3.04. The Hall–Kier alpha value is -3.20. The summed E-state index contributed by atoms with van der Waals surface area (Å²) in [6, 6.07) is 7.40. The number of hydrogen-bond donors (Lipinski definition) is 4. The molecule has 8 nitrogen and oxygen atoms in total. The van der Waals surface area contributed by atoms with Gasteiger partial charge in [0.05, 0.1) is 16.9 Å². The van der Waals surface area contributed by atoms with Gasteiger partial charge >= 0.3 is 0 Å². The summed E-state index contributed by atoms with van der Waals surface area (Å²) in [5.41, 5.74) is 3.31. The first kappa shape index (κ1) is 16.9. The highest BCUT2D eigenvalue weighted by Crippen LogP contribution is 2.43. The van der Waals surface area contributed by atoms with Crippen molar-refractivity contribution >= 4 is 40.2 Å². The second-order valence-corrected chi connectivity index (χ2v) is 7.03. The number of nitrogens with zero attached hydrogens (tertiary/aromatic N) is 4. The lowest BCUT2D eigenvalue weighted by atomic mass is 10.2. The molecule has 0 aliphatic heterocycles. The van der Waals surface area contributed by atoms with Crippen LogP contribution in [0.3, 0.4) is 0 Å². The number of rotatable bonds is 6. The van der Waals surface area contributed by atoms with E-state index in [4.69, 9.17) is 11.6 Å². The second-order valence-electron chi connectivity index (χ2n) is 6.65. The summed E-state index contributed by atoms with van der Waals surface area (Å²) in [6.45, 7) is 0.456. The standard InChI is InChI=1S/C18H16ClFN8/c19-16-9(1-2-12-17(16)24-8-23-12)7-22-18-21-4-3-14(26-18)25-15-6-13(27-28-15)10-5-11(10)20/h1-4,6,8,10-11H,5,7H2,(H,23,24)(H3,21,22,25,26,27,28)/t10-,11-/m0/s1. The first-order valence-corrected chi connectivity index (χ1v) is 9.19. The quantitative estimate of drug-likeness (QED) is 0.392. The molecule has 5 rings (SSSR count). The Morgan fingerprint density at radius 2 is 2.11 bits per heavy atom. The van der Waals surface area contributed by atoms with E-state index in [0.717, 1.165) is 22.3 Å². The highest BCUT2D eigenvalue weighted by atomic mass is 35.5. The number of benzene rings is 1. The number of anilines is 3. The molecule has 0 radical (unpaired) electrons. The van der Waals surface area contributed by atoms with Gasteiger partial charge in [0.15, 0.2) is 5.82 Å². The number of alkyl halides is 1. The Balaban J connectivity index is 1.27. The van der Waals surface area contributed by atoms with Crippen LogP contribution in [0.4, 0.5) is 22.0 Å². The molecule has 1 fully saturated rings. The monoisotopic (exact) mass is 398 g/mol. The van der Waals surface area contributed by atoms with Gasteiger partial charge in [-0.25, -0.2) is 14.4 Å². The summed E-state index contributed by atoms with van der Waals surface area (Å²) in [5, 5.41) is 13.9. The Morgan fingerprint density at radius 3 is 2.96 bits per heavy atom. The number of halogens is 2. The van der Waals surface area contributed by atoms with Crippen LogP contribution in [0.25, 0.3) is 11.0 Å². The summed E-state index contributed by atoms with van der Waals surface area (Å²) >= 11 is 6.42. The zero-order valence-electron chi connectivity index (χ0n) is 14.6. The van der Waals surface area contributed by atoms with Gasteiger partial charge in [-0.2, -0.15) is 10.1 Å². The molecule has 10 heteroatoms. The smallest absolute Gasteiger partial charge is 0.224 e. The molecule has 28 heavy (non-hydrogen) atoms. The van der Waals surface area contributed by atoms with Crippen LogP contribution in [-0.4, -0.2) is 36.3 Å². The lowest BCUT2D eigenvalue weighted by Crippen LogP contribution is -2.05. The Kier molecular flexibility index (Phi) is 4.09. The number of H-pyrrole nitrogens is 2. The zero-order valence-corrected chi connectivity index (χ0v) is 15.3. The molecule has 4 N–H and O–H groups in total. The lowest BCUT2D eigenvalue weighted by molar-refractivity contribution is 0.466. The van der Waals surface area contributed by atoms with Crippen LogP contribution < -0.4 is 10.6 Å². The molecule has 1 aliphatic rings. The first-order chi connectivity index (χ1) is 13.7. The summed E-state index contributed by atoms with van der Waals surface area (Å²) in [7, 11) is 0. The Bertz CT molecular complexity index is 1140. The number of aromatic amines is 2. The molecule has 2 atom stereocenters. The average Bonchev–Trinajstić information content (AvgIpc) is 3.10. The highest BCUT2D eigenvalue weighted by Gasteiger charge is 2.40. The van der Waals surface area contributed by atoms with Crippen molar-refractivity contribution in [3.05, 3.63) is 53.1 Å². The molecule has 0 bridgehead atoms. The number of hydrogen-bond acceptors (Lipinski definition) is 6. The van der Waals surface area contributed by atoms with E-state index in [1.807, 2.05) is 12.1 Å². The van der Waals surface area contributed by atoms with Gasteiger partial charge in [0.25, 0.3) is 0 Å². The fourth-order valence-corrected chi connectivity index (χ4v) is 3.33. The van der Waals surface area contributed by atoms with Gasteiger partial charge in [-0.05, 0) is 24.1 Å². The predicted octanol–water partition coefficient (Wildman–Crippen LogP) is 3.91. The van der Waals surface area contributed by atoms with Crippen molar-refractivity contribution in [3.8, 4) is 0 Å². The van der Waals surface area contributed by atoms with Crippen molar-refractivity contribution in [3.63, 3.8) is 0 Å². The molecule has 0 unspecified atom stereocenters. The van der Waals surface area contributed by atoms with Crippen molar-refractivity contribution in [2.45, 2.75) is 25.1 Å². The van der Waals surface area contributed by atoms with Crippen LogP contribution in [0.5, 0.6) is 0 Å². The minimum atomic E-state index is -0.768. The maximum atomic E-state index is 13.2. The van der Waals surface area contributed by atoms with E-state index in [2.05, 4.69) is 40.8 Å². The summed E-state index contributed by atoms with van der Waals surface area (Å²) < 4.78 is 13.2. The van der Waals surface area contributed by atoms with Gasteiger partial charge < -0.3 is 15.6 Å². The van der Waals surface area contributed by atoms with Crippen molar-refractivity contribution in [1.29, 1.82) is 0 Å². The number of aromatic nitrogens is 6. The first-order valence-electron chi connectivity index (χ1n) is 8.81. The van der Waals surface area contributed by atoms with Crippen molar-refractivity contribution in [2.75, 3.05) is 10.6 Å². The molecule has 1 aliphatic carbocycles. The molecule has 1 aromatic carbocycles. The molecule has 0 saturated heterocycles. The molecular weight excluding hydrogens is 383 g/mol. The third-order valence-corrected chi connectivity index (χ3v) is 5.09. The molecule has 0 amide bonds. The van der Waals surface area contributed by atoms with E-state index in [-0.39, 0.29) is 5.92 Å². The van der Waals surface area contributed by atoms with Crippen molar-refractivity contribution in [1.82, 2.24) is 30.1 Å². The lowest BCUT2D eigenvalue weighted by Gasteiger charge is -2.08. The fourth-order valence-electron chi connectivity index (χ4n) is 3.05. The average molecular weight is 399 g/mol. The van der Waals surface area contributed by atoms with Crippen LogP contribution in [0.1, 0.15) is 23.6 Å². The normalized spacial score (nSPS) is 18.4. The van der Waals surface area contributed by atoms with E-state index in [1.165, 1.54) is 0 Å². The second kappa shape index (κ2) is 6.75. The molecule has 3 aromatic heterocycles. The van der Waals surface area contributed by atoms with Crippen LogP contribution in [-0.2, 0) is 6.54 Å². The molecule has 0 spiro atoms. The number of imidazole rings is 1. The zero-order chi connectivity index (χ0) is 19.1. The minimum Gasteiger partial charge on any atom is -0.350 e. The summed E-state index contributed by atoms with van der Waals surface area (Å²) in [4.78, 5) is 15.9. The fraction of sp³-hybridized carbons (Fsp3) is 0.222. The van der Waals surface area contributed by atoms with Crippen molar-refractivity contribution < 1.29 is 4.39 Å². The summed E-state index contributed by atoms with van der Waals surface area (Å²) in [5.74, 6) is 1.55. The molecule has 142 valence electrons. The van der Waals surface area contributed by atoms with Crippen LogP contribution in [0.15, 0.2) is 36.8 Å². The van der Waals surface area contributed by atoms with Crippen LogP contribution in [0.2, 0.25) is 5.02 Å². The molecule has 1 saturated carbocycles. The third kappa shape index (κ3) is 3.24. The maximum absolute atomic E-state index is 13.2. The highest BCUT2D eigenvalue weighted by molar-refractivity contribution is 6.35. The van der Waals surface area contributed by atoms with Gasteiger partial charge in [0.2, 0.25) is 5.95 Å². The SMILES string of the molecule is F[C@H]1C[C@@H]1c1cc(Nc2ccnc(NCc3ccc4[nH]cnc4c3Cl)n2)n[nH]1. The van der Waals surface area contributed by atoms with Gasteiger partial charge in [-0.15, -0.1) is 0 Å². The molecular formula is C18H16ClFN8. The van der Waals surface area contributed by atoms with E-state index >= 15 is 0 Å². The Morgan fingerprint density at radius 1 is 1.21 bits per heavy atom.